The highest BCUT2D eigenvalue weighted by atomic mass is 79.9. The van der Waals surface area contributed by atoms with E-state index in [-0.39, 0.29) is 0 Å². The van der Waals surface area contributed by atoms with Crippen molar-refractivity contribution in [3.63, 3.8) is 0 Å². The molecular weight excluding hydrogens is 322 g/mol. The fraction of sp³-hybridized carbons (Fsp3) is 0.684. The van der Waals surface area contributed by atoms with Gasteiger partial charge < -0.3 is 5.32 Å². The lowest BCUT2D eigenvalue weighted by Gasteiger charge is -2.36. The Hall–Kier alpha value is -0.340. The van der Waals surface area contributed by atoms with E-state index in [4.69, 9.17) is 0 Å². The van der Waals surface area contributed by atoms with Crippen molar-refractivity contribution in [1.29, 1.82) is 0 Å². The lowest BCUT2D eigenvalue weighted by Crippen LogP contribution is -2.35. The number of nitrogens with one attached hydrogen (secondary N) is 1. The molecule has 0 spiro atoms. The predicted octanol–water partition coefficient (Wildman–Crippen LogP) is 5.19. The summed E-state index contributed by atoms with van der Waals surface area (Å²) in [6.45, 7) is 3.62. The molecule has 1 aromatic carbocycles. The first-order valence-corrected chi connectivity index (χ1v) is 9.51. The fourth-order valence-electron chi connectivity index (χ4n) is 3.84. The van der Waals surface area contributed by atoms with E-state index < -0.39 is 0 Å². The van der Waals surface area contributed by atoms with Gasteiger partial charge in [-0.2, -0.15) is 0 Å². The van der Waals surface area contributed by atoms with Gasteiger partial charge in [0.25, 0.3) is 0 Å². The molecule has 2 heteroatoms. The molecule has 0 saturated heterocycles. The third-order valence-electron chi connectivity index (χ3n) is 5.48. The summed E-state index contributed by atoms with van der Waals surface area (Å²) in [7, 11) is 0. The SMILES string of the molecule is CCC1CCC(CNC2CC2)C(Cc2ccc(Br)cc2)C1. The van der Waals surface area contributed by atoms with Crippen LogP contribution in [-0.2, 0) is 6.42 Å². The highest BCUT2D eigenvalue weighted by molar-refractivity contribution is 9.10. The lowest BCUT2D eigenvalue weighted by molar-refractivity contribution is 0.171. The van der Waals surface area contributed by atoms with Crippen LogP contribution in [0, 0.1) is 17.8 Å². The molecule has 0 radical (unpaired) electrons. The first kappa shape index (κ1) is 15.6. The summed E-state index contributed by atoms with van der Waals surface area (Å²) in [5.74, 6) is 2.72. The van der Waals surface area contributed by atoms with Crippen LogP contribution < -0.4 is 5.32 Å². The van der Waals surface area contributed by atoms with Gasteiger partial charge >= 0.3 is 0 Å². The summed E-state index contributed by atoms with van der Waals surface area (Å²) in [5, 5.41) is 3.78. The van der Waals surface area contributed by atoms with Gasteiger partial charge in [-0.3, -0.25) is 0 Å². The van der Waals surface area contributed by atoms with Crippen LogP contribution in [-0.4, -0.2) is 12.6 Å². The highest BCUT2D eigenvalue weighted by Gasteiger charge is 2.31. The lowest BCUT2D eigenvalue weighted by atomic mass is 9.71. The van der Waals surface area contributed by atoms with E-state index in [9.17, 15) is 0 Å². The Balaban J connectivity index is 1.61. The van der Waals surface area contributed by atoms with E-state index in [1.165, 1.54) is 61.5 Å². The summed E-state index contributed by atoms with van der Waals surface area (Å²) in [6.07, 6.45) is 9.75. The maximum Gasteiger partial charge on any atom is 0.0175 e. The van der Waals surface area contributed by atoms with Crippen LogP contribution in [0.1, 0.15) is 51.0 Å². The molecule has 3 atom stereocenters. The molecule has 0 aliphatic heterocycles. The number of benzene rings is 1. The molecule has 2 aliphatic rings. The van der Waals surface area contributed by atoms with Crippen LogP contribution in [0.4, 0.5) is 0 Å². The van der Waals surface area contributed by atoms with Crippen LogP contribution in [0.5, 0.6) is 0 Å². The van der Waals surface area contributed by atoms with E-state index >= 15 is 0 Å². The third-order valence-corrected chi connectivity index (χ3v) is 6.01. The number of halogens is 1. The van der Waals surface area contributed by atoms with Gasteiger partial charge in [-0.25, -0.2) is 0 Å². The molecule has 0 heterocycles. The molecule has 0 bridgehead atoms. The summed E-state index contributed by atoms with van der Waals surface area (Å²) in [4.78, 5) is 0. The summed E-state index contributed by atoms with van der Waals surface area (Å²) < 4.78 is 1.19. The first-order chi connectivity index (χ1) is 10.2. The van der Waals surface area contributed by atoms with Crippen molar-refractivity contribution in [2.75, 3.05) is 6.54 Å². The second kappa shape index (κ2) is 7.28. The molecule has 0 amide bonds. The van der Waals surface area contributed by atoms with Crippen LogP contribution in [0.2, 0.25) is 0 Å². The van der Waals surface area contributed by atoms with Gasteiger partial charge in [0.1, 0.15) is 0 Å². The van der Waals surface area contributed by atoms with Crippen molar-refractivity contribution < 1.29 is 0 Å². The Labute approximate surface area is 138 Å². The number of hydrogen-bond donors (Lipinski definition) is 1. The molecule has 1 N–H and O–H groups in total. The van der Waals surface area contributed by atoms with E-state index in [1.807, 2.05) is 0 Å². The molecule has 3 rings (SSSR count). The van der Waals surface area contributed by atoms with Gasteiger partial charge in [-0.15, -0.1) is 0 Å². The topological polar surface area (TPSA) is 12.0 Å². The average molecular weight is 350 g/mol. The van der Waals surface area contributed by atoms with Crippen molar-refractivity contribution in [2.24, 2.45) is 17.8 Å². The van der Waals surface area contributed by atoms with E-state index in [0.29, 0.717) is 0 Å². The highest BCUT2D eigenvalue weighted by Crippen LogP contribution is 2.37. The van der Waals surface area contributed by atoms with E-state index in [2.05, 4.69) is 52.4 Å². The maximum atomic E-state index is 3.78. The zero-order valence-corrected chi connectivity index (χ0v) is 14.7. The molecule has 1 aromatic rings. The molecule has 21 heavy (non-hydrogen) atoms. The van der Waals surface area contributed by atoms with Crippen LogP contribution >= 0.6 is 15.9 Å². The second-order valence-corrected chi connectivity index (χ2v) is 8.04. The fourth-order valence-corrected chi connectivity index (χ4v) is 4.11. The largest absolute Gasteiger partial charge is 0.314 e. The maximum absolute atomic E-state index is 3.78. The Bertz CT molecular complexity index is 437. The van der Waals surface area contributed by atoms with Crippen molar-refractivity contribution in [3.05, 3.63) is 34.3 Å². The average Bonchev–Trinajstić information content (AvgIpc) is 3.32. The minimum absolute atomic E-state index is 0.849. The zero-order valence-electron chi connectivity index (χ0n) is 13.2. The van der Waals surface area contributed by atoms with Gasteiger partial charge in [0.2, 0.25) is 0 Å². The first-order valence-electron chi connectivity index (χ1n) is 8.72. The quantitative estimate of drug-likeness (QED) is 0.745. The van der Waals surface area contributed by atoms with Gasteiger partial charge in [0, 0.05) is 10.5 Å². The summed E-state index contributed by atoms with van der Waals surface area (Å²) in [6, 6.07) is 9.82. The molecule has 1 nitrogen and oxygen atoms in total. The molecule has 2 fully saturated rings. The van der Waals surface area contributed by atoms with Crippen LogP contribution in [0.3, 0.4) is 0 Å². The Morgan fingerprint density at radius 1 is 1.05 bits per heavy atom. The van der Waals surface area contributed by atoms with E-state index in [0.717, 1.165) is 23.8 Å². The second-order valence-electron chi connectivity index (χ2n) is 7.12. The van der Waals surface area contributed by atoms with Gasteiger partial charge in [0.15, 0.2) is 0 Å². The molecule has 0 aromatic heterocycles. The van der Waals surface area contributed by atoms with E-state index in [1.54, 1.807) is 0 Å². The normalized spacial score (nSPS) is 29.5. The molecular formula is C19H28BrN. The minimum atomic E-state index is 0.849. The molecule has 2 aliphatic carbocycles. The van der Waals surface area contributed by atoms with Gasteiger partial charge in [0.05, 0.1) is 0 Å². The van der Waals surface area contributed by atoms with Crippen LogP contribution in [0.15, 0.2) is 28.7 Å². The monoisotopic (exact) mass is 349 g/mol. The Morgan fingerprint density at radius 3 is 2.48 bits per heavy atom. The number of hydrogen-bond acceptors (Lipinski definition) is 1. The molecule has 116 valence electrons. The standard InChI is InChI=1S/C19H28BrN/c1-2-14-3-6-16(13-21-19-9-10-19)17(11-14)12-15-4-7-18(20)8-5-15/h4-5,7-8,14,16-17,19,21H,2-3,6,9-13H2,1H3. The van der Waals surface area contributed by atoms with Crippen molar-refractivity contribution in [2.45, 2.75) is 57.9 Å². The number of rotatable bonds is 6. The van der Waals surface area contributed by atoms with Crippen molar-refractivity contribution >= 4 is 15.9 Å². The zero-order chi connectivity index (χ0) is 14.7. The Kier molecular flexibility index (Phi) is 5.39. The summed E-state index contributed by atoms with van der Waals surface area (Å²) >= 11 is 3.54. The van der Waals surface area contributed by atoms with Crippen molar-refractivity contribution in [3.8, 4) is 0 Å². The van der Waals surface area contributed by atoms with Gasteiger partial charge in [-0.1, -0.05) is 47.8 Å². The molecule has 2 saturated carbocycles. The smallest absolute Gasteiger partial charge is 0.0175 e. The summed E-state index contributed by atoms with van der Waals surface area (Å²) in [5.41, 5.74) is 1.51. The minimum Gasteiger partial charge on any atom is -0.314 e. The Morgan fingerprint density at radius 2 is 1.81 bits per heavy atom. The predicted molar refractivity (Wildman–Crippen MR) is 93.5 cm³/mol. The van der Waals surface area contributed by atoms with Crippen LogP contribution in [0.25, 0.3) is 0 Å². The van der Waals surface area contributed by atoms with Gasteiger partial charge in [-0.05, 0) is 74.1 Å². The third kappa shape index (κ3) is 4.56. The molecule has 3 unspecified atom stereocenters. The van der Waals surface area contributed by atoms with Crippen molar-refractivity contribution in [1.82, 2.24) is 5.32 Å².